The monoisotopic (exact) mass is 542 g/mol. The van der Waals surface area contributed by atoms with E-state index < -0.39 is 0 Å². The molecule has 0 bridgehead atoms. The molecule has 2 aromatic rings. The molecule has 0 radical (unpaired) electrons. The van der Waals surface area contributed by atoms with Crippen LogP contribution in [0.1, 0.15) is 18.5 Å². The maximum absolute atomic E-state index is 12.4. The standard InChI is InChI=1S/C21H30N6OS.HI/c1-22-21(25-18-9-13-27(14-10-18)20-7-5-15-29-20)24-16-19(28)26(2)12-8-17-6-3-4-11-23-17;/h3-7,11,15,18H,8-10,12-14,16H2,1-2H3,(H2,22,24,25);1H. The molecule has 9 heteroatoms. The van der Waals surface area contributed by atoms with Crippen LogP contribution in [0.15, 0.2) is 46.9 Å². The molecule has 0 spiro atoms. The number of hydrogen-bond acceptors (Lipinski definition) is 5. The normalized spacial score (nSPS) is 14.7. The fourth-order valence-corrected chi connectivity index (χ4v) is 4.11. The van der Waals surface area contributed by atoms with E-state index in [1.54, 1.807) is 29.5 Å². The van der Waals surface area contributed by atoms with E-state index in [4.69, 9.17) is 0 Å². The van der Waals surface area contributed by atoms with E-state index in [2.05, 4.69) is 43.0 Å². The first-order valence-corrected chi connectivity index (χ1v) is 10.9. The summed E-state index contributed by atoms with van der Waals surface area (Å²) in [6.07, 6.45) is 4.63. The van der Waals surface area contributed by atoms with Gasteiger partial charge in [0, 0.05) is 58.1 Å². The number of hydrogen-bond donors (Lipinski definition) is 2. The van der Waals surface area contributed by atoms with Crippen molar-refractivity contribution in [3.05, 3.63) is 47.6 Å². The van der Waals surface area contributed by atoms with Gasteiger partial charge in [0.1, 0.15) is 0 Å². The van der Waals surface area contributed by atoms with Crippen LogP contribution in [0.4, 0.5) is 5.00 Å². The number of aliphatic imine (C=N–C) groups is 1. The SMILES string of the molecule is CN=C(NCC(=O)N(C)CCc1ccccn1)NC1CCN(c2cccs2)CC1.I. The van der Waals surface area contributed by atoms with Crippen molar-refractivity contribution in [3.63, 3.8) is 0 Å². The van der Waals surface area contributed by atoms with Crippen LogP contribution in [0.5, 0.6) is 0 Å². The van der Waals surface area contributed by atoms with Gasteiger partial charge in [-0.25, -0.2) is 0 Å². The van der Waals surface area contributed by atoms with Crippen molar-refractivity contribution in [1.29, 1.82) is 0 Å². The minimum absolute atomic E-state index is 0. The number of carbonyl (C=O) groups is 1. The van der Waals surface area contributed by atoms with Crippen molar-refractivity contribution in [1.82, 2.24) is 20.5 Å². The van der Waals surface area contributed by atoms with Crippen molar-refractivity contribution >= 4 is 52.2 Å². The molecule has 0 aromatic carbocycles. The van der Waals surface area contributed by atoms with E-state index in [1.807, 2.05) is 25.2 Å². The lowest BCUT2D eigenvalue weighted by atomic mass is 10.1. The number of carbonyl (C=O) groups excluding carboxylic acids is 1. The Hall–Kier alpha value is -1.88. The largest absolute Gasteiger partial charge is 0.363 e. The maximum Gasteiger partial charge on any atom is 0.241 e. The van der Waals surface area contributed by atoms with Gasteiger partial charge in [0.05, 0.1) is 11.5 Å². The minimum Gasteiger partial charge on any atom is -0.363 e. The second-order valence-corrected chi connectivity index (χ2v) is 8.10. The molecule has 1 aliphatic heterocycles. The molecule has 0 saturated carbocycles. The van der Waals surface area contributed by atoms with Crippen LogP contribution in [-0.4, -0.2) is 68.1 Å². The molecule has 2 N–H and O–H groups in total. The molecule has 7 nitrogen and oxygen atoms in total. The van der Waals surface area contributed by atoms with Crippen LogP contribution in [0.25, 0.3) is 0 Å². The molecular weight excluding hydrogens is 511 g/mol. The second kappa shape index (κ2) is 12.7. The third-order valence-electron chi connectivity index (χ3n) is 5.14. The van der Waals surface area contributed by atoms with Gasteiger partial charge >= 0.3 is 0 Å². The zero-order chi connectivity index (χ0) is 20.5. The molecule has 0 aliphatic carbocycles. The molecule has 0 unspecified atom stereocenters. The topological polar surface area (TPSA) is 72.9 Å². The molecule has 1 saturated heterocycles. The number of amides is 1. The van der Waals surface area contributed by atoms with Crippen LogP contribution < -0.4 is 15.5 Å². The number of piperidine rings is 1. The molecule has 1 amide bonds. The average molecular weight is 542 g/mol. The van der Waals surface area contributed by atoms with Gasteiger partial charge in [-0.15, -0.1) is 35.3 Å². The van der Waals surface area contributed by atoms with Crippen LogP contribution in [0, 0.1) is 0 Å². The lowest BCUT2D eigenvalue weighted by Crippen LogP contribution is -2.50. The van der Waals surface area contributed by atoms with Crippen LogP contribution in [0.2, 0.25) is 0 Å². The highest BCUT2D eigenvalue weighted by Crippen LogP contribution is 2.24. The summed E-state index contributed by atoms with van der Waals surface area (Å²) in [7, 11) is 3.56. The number of halogens is 1. The maximum atomic E-state index is 12.4. The first-order chi connectivity index (χ1) is 14.2. The predicted octanol–water partition coefficient (Wildman–Crippen LogP) is 2.60. The fourth-order valence-electron chi connectivity index (χ4n) is 3.33. The number of anilines is 1. The Labute approximate surface area is 200 Å². The van der Waals surface area contributed by atoms with Gasteiger partial charge in [0.25, 0.3) is 0 Å². The summed E-state index contributed by atoms with van der Waals surface area (Å²) >= 11 is 1.79. The first-order valence-electron chi connectivity index (χ1n) is 10.0. The fraction of sp³-hybridized carbons (Fsp3) is 0.476. The summed E-state index contributed by atoms with van der Waals surface area (Å²) in [6, 6.07) is 10.5. The highest BCUT2D eigenvalue weighted by Gasteiger charge is 2.21. The van der Waals surface area contributed by atoms with Crippen molar-refractivity contribution in [3.8, 4) is 0 Å². The third-order valence-corrected chi connectivity index (χ3v) is 6.07. The van der Waals surface area contributed by atoms with Crippen molar-refractivity contribution in [2.24, 2.45) is 4.99 Å². The van der Waals surface area contributed by atoms with Gasteiger partial charge in [0.2, 0.25) is 5.91 Å². The molecule has 3 heterocycles. The van der Waals surface area contributed by atoms with E-state index in [0.717, 1.165) is 38.0 Å². The van der Waals surface area contributed by atoms with Gasteiger partial charge in [0.15, 0.2) is 5.96 Å². The summed E-state index contributed by atoms with van der Waals surface area (Å²) < 4.78 is 0. The summed E-state index contributed by atoms with van der Waals surface area (Å²) in [6.45, 7) is 2.94. The zero-order valence-electron chi connectivity index (χ0n) is 17.6. The number of guanidine groups is 1. The van der Waals surface area contributed by atoms with Crippen molar-refractivity contribution < 1.29 is 4.79 Å². The third kappa shape index (κ3) is 7.42. The zero-order valence-corrected chi connectivity index (χ0v) is 20.7. The molecule has 1 aliphatic rings. The quantitative estimate of drug-likeness (QED) is 0.320. The number of likely N-dealkylation sites (N-methyl/N-ethyl adjacent to an activating group) is 1. The average Bonchev–Trinajstić information content (AvgIpc) is 3.30. The number of thiophene rings is 1. The Kier molecular flexibility index (Phi) is 10.4. The number of pyridine rings is 1. The predicted molar refractivity (Wildman–Crippen MR) is 135 cm³/mol. The van der Waals surface area contributed by atoms with Gasteiger partial charge in [-0.3, -0.25) is 14.8 Å². The molecule has 0 atom stereocenters. The van der Waals surface area contributed by atoms with Gasteiger partial charge < -0.3 is 20.4 Å². The Morgan fingerprint density at radius 1 is 1.30 bits per heavy atom. The summed E-state index contributed by atoms with van der Waals surface area (Å²) in [5, 5.41) is 10.1. The van der Waals surface area contributed by atoms with E-state index in [9.17, 15) is 4.79 Å². The second-order valence-electron chi connectivity index (χ2n) is 7.17. The Bertz CT molecular complexity index is 778. The Morgan fingerprint density at radius 3 is 2.73 bits per heavy atom. The van der Waals surface area contributed by atoms with E-state index >= 15 is 0 Å². The van der Waals surface area contributed by atoms with Gasteiger partial charge in [-0.2, -0.15) is 0 Å². The number of nitrogens with one attached hydrogen (secondary N) is 2. The van der Waals surface area contributed by atoms with Gasteiger partial charge in [-0.05, 0) is 42.5 Å². The number of nitrogens with zero attached hydrogens (tertiary/aromatic N) is 4. The van der Waals surface area contributed by atoms with Crippen molar-refractivity contribution in [2.45, 2.75) is 25.3 Å². The van der Waals surface area contributed by atoms with Crippen molar-refractivity contribution in [2.75, 3.05) is 45.2 Å². The smallest absolute Gasteiger partial charge is 0.241 e. The van der Waals surface area contributed by atoms with E-state index in [0.29, 0.717) is 18.5 Å². The molecule has 164 valence electrons. The molecule has 2 aromatic heterocycles. The lowest BCUT2D eigenvalue weighted by molar-refractivity contribution is -0.128. The summed E-state index contributed by atoms with van der Waals surface area (Å²) in [5.74, 6) is 0.724. The van der Waals surface area contributed by atoms with Gasteiger partial charge in [-0.1, -0.05) is 6.07 Å². The first kappa shape index (κ1) is 24.4. The van der Waals surface area contributed by atoms with E-state index in [-0.39, 0.29) is 36.4 Å². The number of aromatic nitrogens is 1. The highest BCUT2D eigenvalue weighted by atomic mass is 127. The summed E-state index contributed by atoms with van der Waals surface area (Å²) in [5.41, 5.74) is 0.992. The minimum atomic E-state index is 0. The molecular formula is C21H31IN6OS. The lowest BCUT2D eigenvalue weighted by Gasteiger charge is -2.33. The van der Waals surface area contributed by atoms with Crippen LogP contribution >= 0.6 is 35.3 Å². The van der Waals surface area contributed by atoms with Crippen LogP contribution in [-0.2, 0) is 11.2 Å². The summed E-state index contributed by atoms with van der Waals surface area (Å²) in [4.78, 5) is 25.1. The number of rotatable bonds is 7. The molecule has 3 rings (SSSR count). The highest BCUT2D eigenvalue weighted by molar-refractivity contribution is 14.0. The molecule has 1 fully saturated rings. The molecule has 30 heavy (non-hydrogen) atoms. The Balaban J connectivity index is 0.00000320. The van der Waals surface area contributed by atoms with Crippen LogP contribution in [0.3, 0.4) is 0 Å². The van der Waals surface area contributed by atoms with E-state index in [1.165, 1.54) is 5.00 Å². The Morgan fingerprint density at radius 2 is 2.10 bits per heavy atom.